The normalized spacial score (nSPS) is 18.5. The SMILES string of the molecule is O=C(Nc1cnn(CC2CCC2)c1)NC1(c2cc(Cl)cc(Br)c2)CC1. The van der Waals surface area contributed by atoms with Crippen LogP contribution in [0.25, 0.3) is 0 Å². The van der Waals surface area contributed by atoms with Gasteiger partial charge in [-0.05, 0) is 55.4 Å². The van der Waals surface area contributed by atoms with Gasteiger partial charge in [-0.25, -0.2) is 4.79 Å². The zero-order valence-electron chi connectivity index (χ0n) is 13.8. The molecule has 25 heavy (non-hydrogen) atoms. The fourth-order valence-corrected chi connectivity index (χ4v) is 4.15. The van der Waals surface area contributed by atoms with Gasteiger partial charge in [-0.1, -0.05) is 34.0 Å². The van der Waals surface area contributed by atoms with E-state index in [1.54, 1.807) is 6.20 Å². The minimum absolute atomic E-state index is 0.211. The molecular formula is C18H20BrClN4O. The van der Waals surface area contributed by atoms with Crippen LogP contribution in [0.5, 0.6) is 0 Å². The van der Waals surface area contributed by atoms with Crippen LogP contribution in [0, 0.1) is 5.92 Å². The molecule has 4 rings (SSSR count). The lowest BCUT2D eigenvalue weighted by molar-refractivity contribution is 0.247. The number of halogens is 2. The molecule has 132 valence electrons. The van der Waals surface area contributed by atoms with Gasteiger partial charge in [0.1, 0.15) is 0 Å². The molecule has 2 aromatic rings. The number of carbonyl (C=O) groups excluding carboxylic acids is 1. The number of urea groups is 1. The molecule has 2 fully saturated rings. The Morgan fingerprint density at radius 2 is 2.16 bits per heavy atom. The highest BCUT2D eigenvalue weighted by atomic mass is 79.9. The maximum Gasteiger partial charge on any atom is 0.320 e. The highest BCUT2D eigenvalue weighted by Gasteiger charge is 2.46. The molecular weight excluding hydrogens is 404 g/mol. The van der Waals surface area contributed by atoms with E-state index in [2.05, 4.69) is 31.7 Å². The maximum atomic E-state index is 12.4. The van der Waals surface area contributed by atoms with Crippen molar-refractivity contribution in [1.82, 2.24) is 15.1 Å². The van der Waals surface area contributed by atoms with E-state index in [9.17, 15) is 4.79 Å². The number of nitrogens with zero attached hydrogens (tertiary/aromatic N) is 2. The van der Waals surface area contributed by atoms with E-state index in [4.69, 9.17) is 11.6 Å². The predicted octanol–water partition coefficient (Wildman–Crippen LogP) is 4.91. The molecule has 1 aromatic heterocycles. The van der Waals surface area contributed by atoms with Crippen molar-refractivity contribution in [3.05, 3.63) is 45.7 Å². The van der Waals surface area contributed by atoms with Gasteiger partial charge < -0.3 is 10.6 Å². The third-order valence-electron chi connectivity index (χ3n) is 5.08. The number of hydrogen-bond acceptors (Lipinski definition) is 2. The van der Waals surface area contributed by atoms with E-state index in [1.165, 1.54) is 19.3 Å². The molecule has 2 saturated carbocycles. The Labute approximate surface area is 160 Å². The summed E-state index contributed by atoms with van der Waals surface area (Å²) in [6.07, 6.45) is 9.30. The number of nitrogens with one attached hydrogen (secondary N) is 2. The average Bonchev–Trinajstić information content (AvgIpc) is 3.14. The summed E-state index contributed by atoms with van der Waals surface area (Å²) >= 11 is 9.60. The van der Waals surface area contributed by atoms with Crippen molar-refractivity contribution in [1.29, 1.82) is 0 Å². The van der Waals surface area contributed by atoms with Crippen molar-refractivity contribution < 1.29 is 4.79 Å². The first kappa shape index (κ1) is 16.9. The first-order valence-corrected chi connectivity index (χ1v) is 9.78. The lowest BCUT2D eigenvalue weighted by Crippen LogP contribution is -2.38. The minimum atomic E-state index is -0.320. The van der Waals surface area contributed by atoms with Crippen LogP contribution in [-0.4, -0.2) is 15.8 Å². The summed E-state index contributed by atoms with van der Waals surface area (Å²) in [5, 5.41) is 11.0. The number of rotatable bonds is 5. The minimum Gasteiger partial charge on any atom is -0.328 e. The third-order valence-corrected chi connectivity index (χ3v) is 5.76. The van der Waals surface area contributed by atoms with Gasteiger partial charge in [-0.15, -0.1) is 0 Å². The van der Waals surface area contributed by atoms with Gasteiger partial charge in [0.2, 0.25) is 0 Å². The Morgan fingerprint density at radius 1 is 1.36 bits per heavy atom. The van der Waals surface area contributed by atoms with Gasteiger partial charge in [-0.3, -0.25) is 4.68 Å². The summed E-state index contributed by atoms with van der Waals surface area (Å²) in [5.41, 5.74) is 1.43. The van der Waals surface area contributed by atoms with Crippen LogP contribution in [0.2, 0.25) is 5.02 Å². The van der Waals surface area contributed by atoms with E-state index < -0.39 is 0 Å². The average molecular weight is 424 g/mol. The molecule has 0 unspecified atom stereocenters. The van der Waals surface area contributed by atoms with Crippen LogP contribution in [0.4, 0.5) is 10.5 Å². The van der Waals surface area contributed by atoms with Crippen molar-refractivity contribution in [2.45, 2.75) is 44.2 Å². The van der Waals surface area contributed by atoms with E-state index in [0.717, 1.165) is 41.0 Å². The molecule has 0 atom stereocenters. The second kappa shape index (κ2) is 6.65. The van der Waals surface area contributed by atoms with Crippen molar-refractivity contribution in [2.24, 2.45) is 5.92 Å². The van der Waals surface area contributed by atoms with Crippen LogP contribution in [0.15, 0.2) is 35.1 Å². The van der Waals surface area contributed by atoms with Crippen molar-refractivity contribution in [2.75, 3.05) is 5.32 Å². The summed E-state index contributed by atoms with van der Waals surface area (Å²) in [5.74, 6) is 0.734. The lowest BCUT2D eigenvalue weighted by atomic mass is 9.85. The summed E-state index contributed by atoms with van der Waals surface area (Å²) in [4.78, 5) is 12.4. The van der Waals surface area contributed by atoms with Gasteiger partial charge in [0.25, 0.3) is 0 Å². The molecule has 0 bridgehead atoms. The summed E-state index contributed by atoms with van der Waals surface area (Å²) < 4.78 is 2.83. The van der Waals surface area contributed by atoms with Crippen molar-refractivity contribution in [3.63, 3.8) is 0 Å². The van der Waals surface area contributed by atoms with Crippen LogP contribution in [0.1, 0.15) is 37.7 Å². The van der Waals surface area contributed by atoms with Gasteiger partial charge in [0, 0.05) is 22.2 Å². The lowest BCUT2D eigenvalue weighted by Gasteiger charge is -2.24. The number of carbonyl (C=O) groups is 1. The fourth-order valence-electron chi connectivity index (χ4n) is 3.29. The van der Waals surface area contributed by atoms with Crippen LogP contribution >= 0.6 is 27.5 Å². The zero-order valence-corrected chi connectivity index (χ0v) is 16.1. The van der Waals surface area contributed by atoms with Crippen molar-refractivity contribution >= 4 is 39.2 Å². The molecule has 2 N–H and O–H groups in total. The summed E-state index contributed by atoms with van der Waals surface area (Å²) in [7, 11) is 0. The second-order valence-electron chi connectivity index (χ2n) is 7.07. The standard InChI is InChI=1S/C18H20BrClN4O/c19-14-6-13(7-15(20)8-14)18(4-5-18)23-17(25)22-16-9-21-24(11-16)10-12-2-1-3-12/h6-9,11-12H,1-5,10H2,(H2,22,23,25). The monoisotopic (exact) mass is 422 g/mol. The molecule has 1 aromatic carbocycles. The van der Waals surface area contributed by atoms with Crippen molar-refractivity contribution in [3.8, 4) is 0 Å². The number of benzene rings is 1. The maximum absolute atomic E-state index is 12.4. The van der Waals surface area contributed by atoms with Crippen LogP contribution < -0.4 is 10.6 Å². The Kier molecular flexibility index (Phi) is 4.50. The number of amides is 2. The van der Waals surface area contributed by atoms with E-state index in [-0.39, 0.29) is 11.6 Å². The smallest absolute Gasteiger partial charge is 0.320 e. The van der Waals surface area contributed by atoms with Crippen LogP contribution in [-0.2, 0) is 12.1 Å². The van der Waals surface area contributed by atoms with E-state index in [1.807, 2.05) is 29.1 Å². The number of aromatic nitrogens is 2. The number of anilines is 1. The number of hydrogen-bond donors (Lipinski definition) is 2. The summed E-state index contributed by atoms with van der Waals surface area (Å²) in [6, 6.07) is 5.56. The Hall–Kier alpha value is -1.53. The Morgan fingerprint density at radius 3 is 2.80 bits per heavy atom. The fraction of sp³-hybridized carbons (Fsp3) is 0.444. The quantitative estimate of drug-likeness (QED) is 0.718. The van der Waals surface area contributed by atoms with Gasteiger partial charge in [0.15, 0.2) is 0 Å². The molecule has 0 aliphatic heterocycles. The van der Waals surface area contributed by atoms with E-state index >= 15 is 0 Å². The van der Waals surface area contributed by atoms with Gasteiger partial charge >= 0.3 is 6.03 Å². The Bertz CT molecular complexity index is 778. The first-order valence-electron chi connectivity index (χ1n) is 8.61. The molecule has 2 amide bonds. The largest absolute Gasteiger partial charge is 0.328 e. The highest BCUT2D eigenvalue weighted by Crippen LogP contribution is 2.46. The van der Waals surface area contributed by atoms with Crippen LogP contribution in [0.3, 0.4) is 0 Å². The molecule has 0 saturated heterocycles. The third kappa shape index (κ3) is 3.85. The second-order valence-corrected chi connectivity index (χ2v) is 8.42. The molecule has 2 aliphatic rings. The topological polar surface area (TPSA) is 59.0 Å². The molecule has 5 nitrogen and oxygen atoms in total. The highest BCUT2D eigenvalue weighted by molar-refractivity contribution is 9.10. The molecule has 0 radical (unpaired) electrons. The van der Waals surface area contributed by atoms with Gasteiger partial charge in [-0.2, -0.15) is 5.10 Å². The molecule has 2 aliphatic carbocycles. The predicted molar refractivity (Wildman–Crippen MR) is 102 cm³/mol. The first-order chi connectivity index (χ1) is 12.0. The molecule has 7 heteroatoms. The zero-order chi connectivity index (χ0) is 17.4. The molecule has 0 spiro atoms. The van der Waals surface area contributed by atoms with E-state index in [0.29, 0.717) is 5.02 Å². The Balaban J connectivity index is 1.38. The summed E-state index contributed by atoms with van der Waals surface area (Å²) in [6.45, 7) is 0.934. The molecule has 1 heterocycles. The van der Waals surface area contributed by atoms with Gasteiger partial charge in [0.05, 0.1) is 17.4 Å².